The quantitative estimate of drug-likeness (QED) is 0.260. The summed E-state index contributed by atoms with van der Waals surface area (Å²) in [5.74, 6) is -1.40. The summed E-state index contributed by atoms with van der Waals surface area (Å²) in [5.41, 5.74) is -6.06. The lowest BCUT2D eigenvalue weighted by atomic mass is 9.44. The highest BCUT2D eigenvalue weighted by atomic mass is 19.1. The van der Waals surface area contributed by atoms with Crippen molar-refractivity contribution in [3.8, 4) is 0 Å². The van der Waals surface area contributed by atoms with Crippen molar-refractivity contribution in [1.29, 1.82) is 0 Å². The molecule has 5 N–H and O–H groups in total. The summed E-state index contributed by atoms with van der Waals surface area (Å²) in [5, 5.41) is 53.5. The molecule has 6 saturated carbocycles. The van der Waals surface area contributed by atoms with E-state index >= 15 is 4.39 Å². The van der Waals surface area contributed by atoms with Crippen LogP contribution in [0, 0.1) is 62.6 Å². The Morgan fingerprint density at radius 1 is 0.836 bits per heavy atom. The van der Waals surface area contributed by atoms with Crippen LogP contribution < -0.4 is 0 Å². The molecule has 0 radical (unpaired) electrons. The lowest BCUT2D eigenvalue weighted by Crippen LogP contribution is -2.69. The van der Waals surface area contributed by atoms with Crippen molar-refractivity contribution in [2.24, 2.45) is 62.6 Å². The van der Waals surface area contributed by atoms with E-state index in [1.54, 1.807) is 26.0 Å². The minimum atomic E-state index is -2.23. The number of esters is 1. The van der Waals surface area contributed by atoms with Gasteiger partial charge in [0.05, 0.1) is 30.8 Å². The first-order valence-electron chi connectivity index (χ1n) is 20.1. The molecular weight excluding hydrogens is 707 g/mol. The van der Waals surface area contributed by atoms with E-state index in [4.69, 9.17) is 4.74 Å². The first-order valence-corrected chi connectivity index (χ1v) is 20.1. The van der Waals surface area contributed by atoms with Crippen molar-refractivity contribution in [3.05, 3.63) is 47.6 Å². The van der Waals surface area contributed by atoms with Crippen molar-refractivity contribution in [1.82, 2.24) is 0 Å². The number of Topliss-reactive ketones (excluding diaryl/α,β-unsaturated/α-hetero) is 1. The van der Waals surface area contributed by atoms with Crippen molar-refractivity contribution in [3.63, 3.8) is 0 Å². The first-order chi connectivity index (χ1) is 25.6. The van der Waals surface area contributed by atoms with Gasteiger partial charge in [-0.2, -0.15) is 0 Å². The highest BCUT2D eigenvalue weighted by molar-refractivity contribution is 6.01. The zero-order valence-corrected chi connectivity index (χ0v) is 33.2. The van der Waals surface area contributed by atoms with Crippen molar-refractivity contribution >= 4 is 23.3 Å². The molecule has 11 heteroatoms. The second-order valence-corrected chi connectivity index (χ2v) is 19.4. The van der Waals surface area contributed by atoms with Crippen LogP contribution in [0.2, 0.25) is 0 Å². The summed E-state index contributed by atoms with van der Waals surface area (Å²) in [6.45, 7) is 10.9. The molecule has 8 rings (SSSR count). The van der Waals surface area contributed by atoms with Crippen LogP contribution in [-0.2, 0) is 23.9 Å². The van der Waals surface area contributed by atoms with Gasteiger partial charge in [0, 0.05) is 28.1 Å². The number of hydrogen-bond acceptors (Lipinski definition) is 10. The maximum absolute atomic E-state index is 16.8. The molecule has 8 aliphatic carbocycles. The van der Waals surface area contributed by atoms with Gasteiger partial charge in [-0.05, 0) is 119 Å². The van der Waals surface area contributed by atoms with Gasteiger partial charge in [0.25, 0.3) is 0 Å². The summed E-state index contributed by atoms with van der Waals surface area (Å²) >= 11 is 0. The molecular formula is C44H59FO10. The molecule has 0 amide bonds. The number of rotatable bonds is 3. The van der Waals surface area contributed by atoms with E-state index in [1.807, 2.05) is 13.0 Å². The predicted octanol–water partition coefficient (Wildman–Crippen LogP) is 4.31. The zero-order valence-electron chi connectivity index (χ0n) is 33.2. The minimum Gasteiger partial charge on any atom is -0.469 e. The SMILES string of the molecule is COC(=O)[C@@]1(C)[C@H](C)C[C@H]2[C@@H]3CCC4=CC(=O)C=C[C@]4(C)[C@H]3[C@@H](O)C[C@@]21C.C[C@]12C=CC(=O)C=C1CC[C@H]1[C@@H]3C[C@@H](O)[C@](O)(C(=O)CO)[C@@]3(C)C[C@H](O)[C@@]12F. The molecule has 0 aromatic carbocycles. The number of carbonyl (C=O) groups is 4. The predicted molar refractivity (Wildman–Crippen MR) is 199 cm³/mol. The zero-order chi connectivity index (χ0) is 40.5. The number of ketones is 3. The molecule has 302 valence electrons. The largest absolute Gasteiger partial charge is 0.469 e. The Morgan fingerprint density at radius 3 is 2.09 bits per heavy atom. The molecule has 55 heavy (non-hydrogen) atoms. The third-order valence-corrected chi connectivity index (χ3v) is 17.7. The number of fused-ring (bicyclic) bond motifs is 10. The number of methoxy groups -OCH3 is 1. The smallest absolute Gasteiger partial charge is 0.312 e. The highest BCUT2D eigenvalue weighted by Gasteiger charge is 2.76. The number of ether oxygens (including phenoxy) is 1. The monoisotopic (exact) mass is 766 g/mol. The van der Waals surface area contributed by atoms with Gasteiger partial charge < -0.3 is 30.3 Å². The van der Waals surface area contributed by atoms with Crippen LogP contribution in [0.3, 0.4) is 0 Å². The van der Waals surface area contributed by atoms with Gasteiger partial charge in [0.2, 0.25) is 0 Å². The lowest BCUT2D eigenvalue weighted by Gasteiger charge is -2.62. The second-order valence-electron chi connectivity index (χ2n) is 19.4. The fourth-order valence-electron chi connectivity index (χ4n) is 14.4. The van der Waals surface area contributed by atoms with Gasteiger partial charge in [0.1, 0.15) is 6.61 Å². The second kappa shape index (κ2) is 12.8. The summed E-state index contributed by atoms with van der Waals surface area (Å²) in [6.07, 6.45) is 10.4. The van der Waals surface area contributed by atoms with Crippen LogP contribution in [-0.4, -0.2) is 92.2 Å². The fraction of sp³-hybridized carbons (Fsp3) is 0.727. The highest BCUT2D eigenvalue weighted by Crippen LogP contribution is 2.72. The fourth-order valence-corrected chi connectivity index (χ4v) is 14.4. The Kier molecular flexibility index (Phi) is 9.42. The molecule has 0 aromatic heterocycles. The molecule has 10 nitrogen and oxygen atoms in total. The lowest BCUT2D eigenvalue weighted by molar-refractivity contribution is -0.222. The van der Waals surface area contributed by atoms with Gasteiger partial charge in [-0.3, -0.25) is 19.2 Å². The molecule has 0 aliphatic heterocycles. The Labute approximate surface area is 323 Å². The molecule has 16 atom stereocenters. The van der Waals surface area contributed by atoms with Crippen LogP contribution in [0.5, 0.6) is 0 Å². The number of allylic oxidation sites excluding steroid dienone is 8. The van der Waals surface area contributed by atoms with E-state index in [0.29, 0.717) is 36.7 Å². The average Bonchev–Trinajstić information content (AvgIpc) is 3.47. The number of aliphatic hydroxyl groups is 5. The topological polar surface area (TPSA) is 179 Å². The summed E-state index contributed by atoms with van der Waals surface area (Å²) in [6, 6.07) is 0. The standard InChI is InChI=1S/C23H32O4.C21H27FO6/c1-13-10-17-16-7-6-14-11-15(24)8-9-21(14,2)19(16)18(25)12-22(17,3)23(13,4)20(26)27-5;1-18-6-5-12(24)7-11(18)3-4-13-14-8-15(25)21(28,17(27)10-23)19(14,2)9-16(26)20(13,18)22/h8-9,11,13,16-19,25H,6-7,10,12H2,1-5H3;5-7,13-16,23,25-26,28H,3-4,8-10H2,1-2H3/t13-,16+,17+,18+,19-,21+,22+,23-;13-,14-,15+,16-,18-,19-,20-,21-/m10/s1. The summed E-state index contributed by atoms with van der Waals surface area (Å²) in [4.78, 5) is 48.9. The number of hydrogen-bond donors (Lipinski definition) is 5. The van der Waals surface area contributed by atoms with E-state index in [0.717, 1.165) is 19.3 Å². The molecule has 8 aliphatic rings. The maximum atomic E-state index is 16.8. The minimum absolute atomic E-state index is 0.0135. The van der Waals surface area contributed by atoms with E-state index < -0.39 is 70.1 Å². The van der Waals surface area contributed by atoms with Crippen LogP contribution in [0.1, 0.15) is 92.9 Å². The van der Waals surface area contributed by atoms with Gasteiger partial charge in [-0.25, -0.2) is 4.39 Å². The molecule has 0 bridgehead atoms. The number of alkyl halides is 1. The summed E-state index contributed by atoms with van der Waals surface area (Å²) < 4.78 is 22.0. The Bertz CT molecular complexity index is 1820. The Balaban J connectivity index is 0.000000169. The third kappa shape index (κ3) is 4.95. The summed E-state index contributed by atoms with van der Waals surface area (Å²) in [7, 11) is 1.47. The maximum Gasteiger partial charge on any atom is 0.312 e. The number of halogens is 1. The van der Waals surface area contributed by atoms with E-state index in [2.05, 4.69) is 20.8 Å². The van der Waals surface area contributed by atoms with Crippen molar-refractivity contribution in [2.45, 2.75) is 122 Å². The average molecular weight is 767 g/mol. The molecule has 0 heterocycles. The van der Waals surface area contributed by atoms with Gasteiger partial charge in [-0.15, -0.1) is 0 Å². The Morgan fingerprint density at radius 2 is 1.45 bits per heavy atom. The molecule has 0 aromatic rings. The van der Waals surface area contributed by atoms with E-state index in [1.165, 1.54) is 30.9 Å². The van der Waals surface area contributed by atoms with Crippen LogP contribution >= 0.6 is 0 Å². The van der Waals surface area contributed by atoms with Crippen molar-refractivity contribution < 1.29 is 53.8 Å². The molecule has 0 spiro atoms. The molecule has 0 saturated heterocycles. The van der Waals surface area contributed by atoms with E-state index in [-0.39, 0.29) is 53.0 Å². The number of carbonyl (C=O) groups excluding carboxylic acids is 4. The molecule has 6 fully saturated rings. The van der Waals surface area contributed by atoms with Crippen LogP contribution in [0.25, 0.3) is 0 Å². The number of aliphatic hydroxyl groups excluding tert-OH is 4. The van der Waals surface area contributed by atoms with Crippen LogP contribution in [0.4, 0.5) is 4.39 Å². The van der Waals surface area contributed by atoms with Crippen molar-refractivity contribution in [2.75, 3.05) is 13.7 Å². The van der Waals surface area contributed by atoms with Crippen LogP contribution in [0.15, 0.2) is 47.6 Å². The van der Waals surface area contributed by atoms with Gasteiger partial charge >= 0.3 is 5.97 Å². The molecule has 0 unspecified atom stereocenters. The third-order valence-electron chi connectivity index (χ3n) is 17.7. The van der Waals surface area contributed by atoms with E-state index in [9.17, 15) is 44.7 Å². The van der Waals surface area contributed by atoms with Gasteiger partial charge in [-0.1, -0.05) is 51.0 Å². The Hall–Kier alpha value is -2.83. The van der Waals surface area contributed by atoms with Gasteiger partial charge in [0.15, 0.2) is 28.6 Å². The first kappa shape index (κ1) is 40.4. The normalized spacial score (nSPS) is 51.8.